The predicted octanol–water partition coefficient (Wildman–Crippen LogP) is 2.51. The average Bonchev–Trinajstić information content (AvgIpc) is 3.08. The van der Waals surface area contributed by atoms with Crippen molar-refractivity contribution in [2.24, 2.45) is 5.41 Å². The Hall–Kier alpha value is -2.83. The summed E-state index contributed by atoms with van der Waals surface area (Å²) >= 11 is 0. The summed E-state index contributed by atoms with van der Waals surface area (Å²) in [5.41, 5.74) is 1.13. The molecule has 140 valence electrons. The van der Waals surface area contributed by atoms with Crippen molar-refractivity contribution >= 4 is 11.8 Å². The summed E-state index contributed by atoms with van der Waals surface area (Å²) in [6.07, 6.45) is 1.35. The van der Waals surface area contributed by atoms with Gasteiger partial charge in [0.05, 0.1) is 12.9 Å². The van der Waals surface area contributed by atoms with Gasteiger partial charge in [-0.05, 0) is 30.0 Å². The molecule has 0 saturated heterocycles. The maximum absolute atomic E-state index is 12.4. The lowest BCUT2D eigenvalue weighted by atomic mass is 9.97. The van der Waals surface area contributed by atoms with Gasteiger partial charge in [-0.3, -0.25) is 9.59 Å². The fraction of sp³-hybridized carbons (Fsp3) is 0.421. The predicted molar refractivity (Wildman–Crippen MR) is 99.2 cm³/mol. The van der Waals surface area contributed by atoms with E-state index in [2.05, 4.69) is 20.6 Å². The molecular formula is C19H26N4O3. The molecule has 26 heavy (non-hydrogen) atoms. The van der Waals surface area contributed by atoms with E-state index in [1.807, 2.05) is 52.0 Å². The molecule has 1 aromatic heterocycles. The third kappa shape index (κ3) is 5.61. The zero-order valence-electron chi connectivity index (χ0n) is 15.7. The van der Waals surface area contributed by atoms with Gasteiger partial charge in [0.1, 0.15) is 11.4 Å². The van der Waals surface area contributed by atoms with Gasteiger partial charge in [-0.25, -0.2) is 4.98 Å². The first-order valence-corrected chi connectivity index (χ1v) is 8.61. The Balaban J connectivity index is 1.95. The van der Waals surface area contributed by atoms with Crippen LogP contribution in [0.4, 0.5) is 0 Å². The van der Waals surface area contributed by atoms with Gasteiger partial charge in [-0.15, -0.1) is 0 Å². The van der Waals surface area contributed by atoms with Crippen molar-refractivity contribution in [1.29, 1.82) is 0 Å². The first kappa shape index (κ1) is 19.5. The number of ether oxygens (including phenoxy) is 1. The van der Waals surface area contributed by atoms with Crippen molar-refractivity contribution in [3.8, 4) is 5.75 Å². The van der Waals surface area contributed by atoms with Crippen LogP contribution in [0.5, 0.6) is 5.75 Å². The van der Waals surface area contributed by atoms with Crippen molar-refractivity contribution in [2.75, 3.05) is 13.2 Å². The van der Waals surface area contributed by atoms with Crippen molar-refractivity contribution in [3.05, 3.63) is 47.5 Å². The van der Waals surface area contributed by atoms with Crippen LogP contribution in [0, 0.1) is 5.41 Å². The van der Waals surface area contributed by atoms with E-state index in [9.17, 15) is 9.59 Å². The van der Waals surface area contributed by atoms with Crippen LogP contribution in [0.1, 0.15) is 54.2 Å². The summed E-state index contributed by atoms with van der Waals surface area (Å²) in [5, 5.41) is 5.59. The van der Waals surface area contributed by atoms with Crippen molar-refractivity contribution in [1.82, 2.24) is 20.6 Å². The standard InChI is InChI=1S/C19H26N4O3/c1-5-26-14-8-6-13(7-9-14)10-20-17(24)15-16(23-12-22-15)18(25)21-11-19(2,3)4/h6-9,12H,5,10-11H2,1-4H3,(H,20,24)(H,21,25)(H,22,23). The Kier molecular flexibility index (Phi) is 6.38. The summed E-state index contributed by atoms with van der Waals surface area (Å²) in [5.74, 6) is 0.0404. The van der Waals surface area contributed by atoms with Crippen LogP contribution >= 0.6 is 0 Å². The van der Waals surface area contributed by atoms with E-state index >= 15 is 0 Å². The monoisotopic (exact) mass is 358 g/mol. The normalized spacial score (nSPS) is 11.1. The molecule has 1 heterocycles. The molecule has 2 amide bonds. The van der Waals surface area contributed by atoms with Gasteiger partial charge >= 0.3 is 0 Å². The van der Waals surface area contributed by atoms with Crippen molar-refractivity contribution < 1.29 is 14.3 Å². The highest BCUT2D eigenvalue weighted by Gasteiger charge is 2.21. The first-order chi connectivity index (χ1) is 12.3. The van der Waals surface area contributed by atoms with E-state index in [0.717, 1.165) is 11.3 Å². The Morgan fingerprint density at radius 1 is 1.12 bits per heavy atom. The minimum atomic E-state index is -0.378. The number of hydrogen-bond acceptors (Lipinski definition) is 4. The van der Waals surface area contributed by atoms with E-state index in [0.29, 0.717) is 19.7 Å². The molecule has 1 aromatic carbocycles. The molecule has 0 radical (unpaired) electrons. The first-order valence-electron chi connectivity index (χ1n) is 8.61. The lowest BCUT2D eigenvalue weighted by Gasteiger charge is -2.18. The summed E-state index contributed by atoms with van der Waals surface area (Å²) < 4.78 is 5.39. The number of aromatic amines is 1. The topological polar surface area (TPSA) is 96.1 Å². The Labute approximate surface area is 153 Å². The molecule has 0 spiro atoms. The lowest BCUT2D eigenvalue weighted by molar-refractivity contribution is 0.0905. The van der Waals surface area contributed by atoms with Gasteiger partial charge in [0.25, 0.3) is 11.8 Å². The number of benzene rings is 1. The molecule has 0 aliphatic carbocycles. The molecule has 0 aliphatic rings. The fourth-order valence-corrected chi connectivity index (χ4v) is 2.21. The molecule has 0 fully saturated rings. The van der Waals surface area contributed by atoms with E-state index in [1.54, 1.807) is 0 Å². The number of H-pyrrole nitrogens is 1. The van der Waals surface area contributed by atoms with Crippen LogP contribution in [-0.2, 0) is 6.54 Å². The lowest BCUT2D eigenvalue weighted by Crippen LogP contribution is -2.34. The molecule has 3 N–H and O–H groups in total. The molecule has 0 bridgehead atoms. The van der Waals surface area contributed by atoms with Crippen molar-refractivity contribution in [3.63, 3.8) is 0 Å². The number of carbonyl (C=O) groups is 2. The zero-order chi connectivity index (χ0) is 19.2. The van der Waals surface area contributed by atoms with Gasteiger partial charge < -0.3 is 20.4 Å². The molecule has 0 unspecified atom stereocenters. The van der Waals surface area contributed by atoms with Crippen molar-refractivity contribution in [2.45, 2.75) is 34.2 Å². The summed E-state index contributed by atoms with van der Waals surface area (Å²) in [4.78, 5) is 31.4. The highest BCUT2D eigenvalue weighted by Crippen LogP contribution is 2.13. The smallest absolute Gasteiger partial charge is 0.272 e. The average molecular weight is 358 g/mol. The summed E-state index contributed by atoms with van der Waals surface area (Å²) in [6.45, 7) is 9.41. The van der Waals surface area contributed by atoms with Crippen LogP contribution in [-0.4, -0.2) is 34.9 Å². The Morgan fingerprint density at radius 2 is 1.81 bits per heavy atom. The highest BCUT2D eigenvalue weighted by atomic mass is 16.5. The summed E-state index contributed by atoms with van der Waals surface area (Å²) in [7, 11) is 0. The maximum Gasteiger partial charge on any atom is 0.272 e. The quantitative estimate of drug-likeness (QED) is 0.708. The number of nitrogens with zero attached hydrogens (tertiary/aromatic N) is 1. The number of hydrogen-bond donors (Lipinski definition) is 3. The van der Waals surface area contributed by atoms with Gasteiger partial charge in [-0.1, -0.05) is 32.9 Å². The number of aromatic nitrogens is 2. The SMILES string of the molecule is CCOc1ccc(CNC(=O)c2[nH]cnc2C(=O)NCC(C)(C)C)cc1. The van der Waals surface area contributed by atoms with Crippen LogP contribution in [0.2, 0.25) is 0 Å². The fourth-order valence-electron chi connectivity index (χ4n) is 2.21. The number of rotatable bonds is 7. The van der Waals surface area contributed by atoms with E-state index < -0.39 is 0 Å². The highest BCUT2D eigenvalue weighted by molar-refractivity contribution is 6.04. The third-order valence-corrected chi connectivity index (χ3v) is 3.55. The van der Waals surface area contributed by atoms with Gasteiger partial charge in [-0.2, -0.15) is 0 Å². The molecule has 2 rings (SSSR count). The zero-order valence-corrected chi connectivity index (χ0v) is 15.7. The molecule has 2 aromatic rings. The molecule has 7 heteroatoms. The van der Waals surface area contributed by atoms with Gasteiger partial charge in [0.15, 0.2) is 5.69 Å². The van der Waals surface area contributed by atoms with Crippen LogP contribution < -0.4 is 15.4 Å². The second kappa shape index (κ2) is 8.51. The van der Waals surface area contributed by atoms with Crippen LogP contribution in [0.3, 0.4) is 0 Å². The molecule has 0 aliphatic heterocycles. The van der Waals surface area contributed by atoms with E-state index in [-0.39, 0.29) is 28.6 Å². The largest absolute Gasteiger partial charge is 0.494 e. The molecular weight excluding hydrogens is 332 g/mol. The van der Waals surface area contributed by atoms with Crippen LogP contribution in [0.25, 0.3) is 0 Å². The van der Waals surface area contributed by atoms with Gasteiger partial charge in [0.2, 0.25) is 0 Å². The third-order valence-electron chi connectivity index (χ3n) is 3.55. The Bertz CT molecular complexity index is 745. The Morgan fingerprint density at radius 3 is 2.42 bits per heavy atom. The second-order valence-corrected chi connectivity index (χ2v) is 7.13. The number of nitrogens with one attached hydrogen (secondary N) is 3. The minimum Gasteiger partial charge on any atom is -0.494 e. The van der Waals surface area contributed by atoms with Crippen LogP contribution in [0.15, 0.2) is 30.6 Å². The van der Waals surface area contributed by atoms with Gasteiger partial charge in [0, 0.05) is 13.1 Å². The number of amides is 2. The molecule has 0 atom stereocenters. The summed E-state index contributed by atoms with van der Waals surface area (Å²) in [6, 6.07) is 7.48. The number of imidazole rings is 1. The minimum absolute atomic E-state index is 0.0535. The van der Waals surface area contributed by atoms with E-state index in [4.69, 9.17) is 4.74 Å². The second-order valence-electron chi connectivity index (χ2n) is 7.13. The number of carbonyl (C=O) groups excluding carboxylic acids is 2. The molecule has 7 nitrogen and oxygen atoms in total. The maximum atomic E-state index is 12.4. The molecule has 0 saturated carbocycles. The van der Waals surface area contributed by atoms with E-state index in [1.165, 1.54) is 6.33 Å².